The fraction of sp³-hybridized carbons (Fsp3) is 0.308. The van der Waals surface area contributed by atoms with Crippen molar-refractivity contribution >= 4 is 0 Å². The van der Waals surface area contributed by atoms with Gasteiger partial charge in [0.05, 0.1) is 5.69 Å². The zero-order valence-corrected chi connectivity index (χ0v) is 10.0. The predicted octanol–water partition coefficient (Wildman–Crippen LogP) is 2.11. The van der Waals surface area contributed by atoms with Gasteiger partial charge in [0.1, 0.15) is 5.82 Å². The molecule has 0 amide bonds. The van der Waals surface area contributed by atoms with Crippen LogP contribution in [0.5, 0.6) is 0 Å². The van der Waals surface area contributed by atoms with Gasteiger partial charge in [-0.25, -0.2) is 4.39 Å². The van der Waals surface area contributed by atoms with Crippen molar-refractivity contribution in [1.82, 2.24) is 9.78 Å². The lowest BCUT2D eigenvalue weighted by atomic mass is 10.0. The highest BCUT2D eigenvalue weighted by Crippen LogP contribution is 2.17. The van der Waals surface area contributed by atoms with Crippen molar-refractivity contribution in [3.63, 3.8) is 0 Å². The summed E-state index contributed by atoms with van der Waals surface area (Å²) in [4.78, 5) is 0. The summed E-state index contributed by atoms with van der Waals surface area (Å²) in [5.41, 5.74) is 8.40. The van der Waals surface area contributed by atoms with Crippen molar-refractivity contribution < 1.29 is 4.39 Å². The van der Waals surface area contributed by atoms with Gasteiger partial charge in [-0.05, 0) is 30.2 Å². The van der Waals surface area contributed by atoms with E-state index < -0.39 is 0 Å². The summed E-state index contributed by atoms with van der Waals surface area (Å²) in [5, 5.41) is 4.26. The summed E-state index contributed by atoms with van der Waals surface area (Å²) in [6.07, 6.45) is 2.49. The maximum absolute atomic E-state index is 13.4. The molecule has 0 bridgehead atoms. The van der Waals surface area contributed by atoms with E-state index in [0.717, 1.165) is 11.3 Å². The third kappa shape index (κ3) is 2.71. The van der Waals surface area contributed by atoms with E-state index in [9.17, 15) is 4.39 Å². The number of rotatable bonds is 3. The van der Waals surface area contributed by atoms with Crippen LogP contribution >= 0.6 is 0 Å². The molecule has 0 aliphatic rings. The van der Waals surface area contributed by atoms with Crippen LogP contribution in [0.1, 0.15) is 22.9 Å². The topological polar surface area (TPSA) is 43.8 Å². The van der Waals surface area contributed by atoms with Gasteiger partial charge in [-0.3, -0.25) is 4.68 Å². The Hall–Kier alpha value is -1.68. The summed E-state index contributed by atoms with van der Waals surface area (Å²) < 4.78 is 15.1. The average Bonchev–Trinajstić information content (AvgIpc) is 2.68. The summed E-state index contributed by atoms with van der Waals surface area (Å²) in [7, 11) is 1.86. The van der Waals surface area contributed by atoms with Gasteiger partial charge < -0.3 is 5.73 Å². The zero-order chi connectivity index (χ0) is 12.4. The van der Waals surface area contributed by atoms with Gasteiger partial charge in [-0.1, -0.05) is 12.1 Å². The molecule has 17 heavy (non-hydrogen) atoms. The van der Waals surface area contributed by atoms with Crippen LogP contribution in [0.4, 0.5) is 4.39 Å². The highest BCUT2D eigenvalue weighted by Gasteiger charge is 2.10. The Morgan fingerprint density at radius 1 is 1.41 bits per heavy atom. The highest BCUT2D eigenvalue weighted by molar-refractivity contribution is 5.26. The third-order valence-electron chi connectivity index (χ3n) is 2.82. The van der Waals surface area contributed by atoms with Crippen molar-refractivity contribution in [3.05, 3.63) is 53.1 Å². The number of aromatic nitrogens is 2. The molecule has 3 nitrogen and oxygen atoms in total. The first kappa shape index (κ1) is 11.8. The number of benzene rings is 1. The second kappa shape index (κ2) is 4.67. The largest absolute Gasteiger partial charge is 0.324 e. The molecular formula is C13H16FN3. The van der Waals surface area contributed by atoms with Gasteiger partial charge in [0, 0.05) is 25.7 Å². The Kier molecular flexibility index (Phi) is 3.24. The fourth-order valence-corrected chi connectivity index (χ4v) is 1.75. The van der Waals surface area contributed by atoms with E-state index in [1.165, 1.54) is 6.07 Å². The van der Waals surface area contributed by atoms with E-state index in [-0.39, 0.29) is 11.9 Å². The maximum Gasteiger partial charge on any atom is 0.126 e. The molecule has 2 N–H and O–H groups in total. The zero-order valence-electron chi connectivity index (χ0n) is 10.0. The van der Waals surface area contributed by atoms with E-state index in [4.69, 9.17) is 5.73 Å². The van der Waals surface area contributed by atoms with Gasteiger partial charge in [0.15, 0.2) is 0 Å². The van der Waals surface area contributed by atoms with Crippen LogP contribution in [-0.4, -0.2) is 9.78 Å². The average molecular weight is 233 g/mol. The van der Waals surface area contributed by atoms with Crippen molar-refractivity contribution in [2.24, 2.45) is 12.8 Å². The van der Waals surface area contributed by atoms with E-state index in [1.54, 1.807) is 17.7 Å². The minimum Gasteiger partial charge on any atom is -0.324 e. The molecule has 0 saturated heterocycles. The van der Waals surface area contributed by atoms with Crippen LogP contribution in [0.15, 0.2) is 30.5 Å². The standard InChI is InChI=1S/C13H16FN3/c1-9-3-4-10(7-12(9)14)13(15)8-11-5-6-17(2)16-11/h3-7,13H,8,15H2,1-2H3. The first-order chi connectivity index (χ1) is 8.06. The molecule has 1 heterocycles. The lowest BCUT2D eigenvalue weighted by Gasteiger charge is -2.11. The van der Waals surface area contributed by atoms with Gasteiger partial charge in [-0.15, -0.1) is 0 Å². The molecule has 2 rings (SSSR count). The molecule has 1 atom stereocenters. The second-order valence-corrected chi connectivity index (χ2v) is 4.30. The fourth-order valence-electron chi connectivity index (χ4n) is 1.75. The molecule has 0 spiro atoms. The summed E-state index contributed by atoms with van der Waals surface area (Å²) >= 11 is 0. The monoisotopic (exact) mass is 233 g/mol. The molecule has 2 aromatic rings. The van der Waals surface area contributed by atoms with E-state index in [0.29, 0.717) is 12.0 Å². The summed E-state index contributed by atoms with van der Waals surface area (Å²) in [5.74, 6) is -0.209. The Balaban J connectivity index is 2.14. The Bertz CT molecular complexity index is 519. The summed E-state index contributed by atoms with van der Waals surface area (Å²) in [6, 6.07) is 6.82. The number of hydrogen-bond donors (Lipinski definition) is 1. The first-order valence-corrected chi connectivity index (χ1v) is 5.56. The van der Waals surface area contributed by atoms with Crippen LogP contribution in [0.2, 0.25) is 0 Å². The van der Waals surface area contributed by atoms with Crippen LogP contribution in [0, 0.1) is 12.7 Å². The van der Waals surface area contributed by atoms with Crippen molar-refractivity contribution in [1.29, 1.82) is 0 Å². The first-order valence-electron chi connectivity index (χ1n) is 5.56. The Labute approximate surface area is 100 Å². The van der Waals surface area contributed by atoms with Crippen LogP contribution in [0.3, 0.4) is 0 Å². The second-order valence-electron chi connectivity index (χ2n) is 4.30. The maximum atomic E-state index is 13.4. The van der Waals surface area contributed by atoms with Crippen molar-refractivity contribution in [2.45, 2.75) is 19.4 Å². The molecule has 0 fully saturated rings. The number of aryl methyl sites for hydroxylation is 2. The molecule has 1 aromatic carbocycles. The van der Waals surface area contributed by atoms with Crippen molar-refractivity contribution in [2.75, 3.05) is 0 Å². The normalized spacial score (nSPS) is 12.7. The minimum absolute atomic E-state index is 0.209. The summed E-state index contributed by atoms with van der Waals surface area (Å²) in [6.45, 7) is 1.74. The van der Waals surface area contributed by atoms with Gasteiger partial charge in [0.25, 0.3) is 0 Å². The molecular weight excluding hydrogens is 217 g/mol. The molecule has 4 heteroatoms. The molecule has 0 aliphatic heterocycles. The van der Waals surface area contributed by atoms with E-state index in [1.807, 2.05) is 25.4 Å². The van der Waals surface area contributed by atoms with Crippen molar-refractivity contribution in [3.8, 4) is 0 Å². The number of nitrogens with zero attached hydrogens (tertiary/aromatic N) is 2. The quantitative estimate of drug-likeness (QED) is 0.882. The highest BCUT2D eigenvalue weighted by atomic mass is 19.1. The Morgan fingerprint density at radius 2 is 2.18 bits per heavy atom. The molecule has 90 valence electrons. The molecule has 1 unspecified atom stereocenters. The SMILES string of the molecule is Cc1ccc(C(N)Cc2ccn(C)n2)cc1F. The predicted molar refractivity (Wildman–Crippen MR) is 65.0 cm³/mol. The molecule has 0 aliphatic carbocycles. The molecule has 0 saturated carbocycles. The Morgan fingerprint density at radius 3 is 2.76 bits per heavy atom. The van der Waals surface area contributed by atoms with E-state index in [2.05, 4.69) is 5.10 Å². The smallest absolute Gasteiger partial charge is 0.126 e. The van der Waals surface area contributed by atoms with Crippen LogP contribution in [-0.2, 0) is 13.5 Å². The number of halogens is 1. The van der Waals surface area contributed by atoms with Gasteiger partial charge >= 0.3 is 0 Å². The van der Waals surface area contributed by atoms with Crippen LogP contribution in [0.25, 0.3) is 0 Å². The molecule has 1 aromatic heterocycles. The number of hydrogen-bond acceptors (Lipinski definition) is 2. The van der Waals surface area contributed by atoms with E-state index >= 15 is 0 Å². The number of nitrogens with two attached hydrogens (primary N) is 1. The third-order valence-corrected chi connectivity index (χ3v) is 2.82. The lowest BCUT2D eigenvalue weighted by molar-refractivity contribution is 0.607. The van der Waals surface area contributed by atoms with Crippen LogP contribution < -0.4 is 5.73 Å². The molecule has 0 radical (unpaired) electrons. The van der Waals surface area contributed by atoms with Gasteiger partial charge in [-0.2, -0.15) is 5.10 Å². The minimum atomic E-state index is -0.222. The van der Waals surface area contributed by atoms with Gasteiger partial charge in [0.2, 0.25) is 0 Å². The lowest BCUT2D eigenvalue weighted by Crippen LogP contribution is -2.14.